The van der Waals surface area contributed by atoms with Gasteiger partial charge < -0.3 is 10.2 Å². The minimum Gasteiger partial charge on any atom is -0.354 e. The maximum Gasteiger partial charge on any atom is 0.257 e. The minimum absolute atomic E-state index is 0. The van der Waals surface area contributed by atoms with E-state index in [1.807, 2.05) is 24.0 Å². The van der Waals surface area contributed by atoms with Crippen molar-refractivity contribution >= 4 is 40.7 Å². The third kappa shape index (κ3) is 4.77. The van der Waals surface area contributed by atoms with E-state index in [0.717, 1.165) is 37.4 Å². The lowest BCUT2D eigenvalue weighted by atomic mass is 9.98. The average Bonchev–Trinajstić information content (AvgIpc) is 2.72. The molecule has 2 aromatic heterocycles. The summed E-state index contributed by atoms with van der Waals surface area (Å²) >= 11 is 0. The number of benzene rings is 1. The number of piperidine rings is 1. The second kappa shape index (κ2) is 9.56. The van der Waals surface area contributed by atoms with Crippen molar-refractivity contribution in [3.8, 4) is 0 Å². The second-order valence-electron chi connectivity index (χ2n) is 7.71. The Hall–Kier alpha value is -2.80. The quantitative estimate of drug-likeness (QED) is 0.551. The van der Waals surface area contributed by atoms with Gasteiger partial charge in [-0.25, -0.2) is 18.7 Å². The Morgan fingerprint density at radius 1 is 1.19 bits per heavy atom. The van der Waals surface area contributed by atoms with Crippen molar-refractivity contribution in [2.24, 2.45) is 0 Å². The standard InChI is InChI=1S/C23H24F2N4O.ClH/c1-3-18-6-4-5-9-29(18)23(30)20-13-26-22-19(8-7-14(2)27-22)21(20)28-17-11-15(24)10-16(25)12-17;/h7-8,10-13,18H,3-6,9H2,1-2H3,(H,26,27,28);1H. The molecule has 1 aromatic carbocycles. The third-order valence-corrected chi connectivity index (χ3v) is 5.59. The molecule has 4 rings (SSSR count). The molecule has 3 heterocycles. The summed E-state index contributed by atoms with van der Waals surface area (Å²) in [6.07, 6.45) is 5.43. The molecule has 0 spiro atoms. The average molecular weight is 447 g/mol. The number of nitrogens with zero attached hydrogens (tertiary/aromatic N) is 3. The van der Waals surface area contributed by atoms with Crippen LogP contribution in [0.5, 0.6) is 0 Å². The molecule has 1 atom stereocenters. The molecule has 3 aromatic rings. The summed E-state index contributed by atoms with van der Waals surface area (Å²) in [7, 11) is 0. The molecule has 31 heavy (non-hydrogen) atoms. The van der Waals surface area contributed by atoms with Gasteiger partial charge >= 0.3 is 0 Å². The van der Waals surface area contributed by atoms with Crippen LogP contribution in [-0.2, 0) is 0 Å². The smallest absolute Gasteiger partial charge is 0.257 e. The molecular formula is C23H25ClF2N4O. The summed E-state index contributed by atoms with van der Waals surface area (Å²) in [4.78, 5) is 24.2. The highest BCUT2D eigenvalue weighted by Gasteiger charge is 2.29. The Morgan fingerprint density at radius 3 is 2.65 bits per heavy atom. The van der Waals surface area contributed by atoms with E-state index < -0.39 is 11.6 Å². The number of carbonyl (C=O) groups excluding carboxylic acids is 1. The van der Waals surface area contributed by atoms with Gasteiger partial charge in [-0.2, -0.15) is 0 Å². The lowest BCUT2D eigenvalue weighted by Gasteiger charge is -2.35. The number of carbonyl (C=O) groups is 1. The number of halogens is 3. The van der Waals surface area contributed by atoms with E-state index in [1.54, 1.807) is 0 Å². The highest BCUT2D eigenvalue weighted by Crippen LogP contribution is 2.32. The zero-order valence-corrected chi connectivity index (χ0v) is 18.3. The van der Waals surface area contributed by atoms with Gasteiger partial charge in [0.05, 0.1) is 11.3 Å². The number of aromatic nitrogens is 2. The maximum atomic E-state index is 13.8. The van der Waals surface area contributed by atoms with Gasteiger partial charge in [0.1, 0.15) is 11.6 Å². The summed E-state index contributed by atoms with van der Waals surface area (Å²) in [6, 6.07) is 7.03. The summed E-state index contributed by atoms with van der Waals surface area (Å²) < 4.78 is 27.5. The lowest BCUT2D eigenvalue weighted by Crippen LogP contribution is -2.43. The van der Waals surface area contributed by atoms with Crippen LogP contribution in [0, 0.1) is 18.6 Å². The fourth-order valence-electron chi connectivity index (χ4n) is 4.09. The number of hydrogen-bond donors (Lipinski definition) is 1. The molecule has 1 aliphatic rings. The lowest BCUT2D eigenvalue weighted by molar-refractivity contribution is 0.0609. The van der Waals surface area contributed by atoms with Gasteiger partial charge in [0.15, 0.2) is 5.65 Å². The first-order valence-corrected chi connectivity index (χ1v) is 10.3. The number of rotatable bonds is 4. The predicted molar refractivity (Wildman–Crippen MR) is 120 cm³/mol. The molecule has 1 unspecified atom stereocenters. The monoisotopic (exact) mass is 446 g/mol. The summed E-state index contributed by atoms with van der Waals surface area (Å²) in [5.74, 6) is -1.52. The van der Waals surface area contributed by atoms with Gasteiger partial charge in [0.25, 0.3) is 5.91 Å². The van der Waals surface area contributed by atoms with E-state index in [4.69, 9.17) is 0 Å². The molecule has 0 aliphatic carbocycles. The van der Waals surface area contributed by atoms with Gasteiger partial charge in [-0.15, -0.1) is 12.4 Å². The fourth-order valence-corrected chi connectivity index (χ4v) is 4.09. The van der Waals surface area contributed by atoms with E-state index in [-0.39, 0.29) is 30.0 Å². The van der Waals surface area contributed by atoms with Crippen LogP contribution in [0.15, 0.2) is 36.5 Å². The van der Waals surface area contributed by atoms with Crippen molar-refractivity contribution in [3.05, 3.63) is 59.4 Å². The van der Waals surface area contributed by atoms with Crippen LogP contribution in [0.1, 0.15) is 48.7 Å². The van der Waals surface area contributed by atoms with Gasteiger partial charge in [-0.1, -0.05) is 6.92 Å². The van der Waals surface area contributed by atoms with Crippen LogP contribution < -0.4 is 5.32 Å². The maximum absolute atomic E-state index is 13.8. The van der Waals surface area contributed by atoms with E-state index in [2.05, 4.69) is 22.2 Å². The van der Waals surface area contributed by atoms with Crippen LogP contribution in [0.3, 0.4) is 0 Å². The number of likely N-dealkylation sites (tertiary alicyclic amines) is 1. The first-order valence-electron chi connectivity index (χ1n) is 10.3. The number of anilines is 2. The normalized spacial score (nSPS) is 16.1. The fraction of sp³-hybridized carbons (Fsp3) is 0.348. The molecule has 8 heteroatoms. The molecular weight excluding hydrogens is 422 g/mol. The molecule has 164 valence electrons. The molecule has 1 amide bonds. The Balaban J connectivity index is 0.00000272. The van der Waals surface area contributed by atoms with Crippen LogP contribution in [0.2, 0.25) is 0 Å². The predicted octanol–water partition coefficient (Wildman–Crippen LogP) is 5.79. The topological polar surface area (TPSA) is 58.1 Å². The second-order valence-corrected chi connectivity index (χ2v) is 7.71. The Labute approximate surface area is 186 Å². The van der Waals surface area contributed by atoms with Crippen molar-refractivity contribution in [2.45, 2.75) is 45.6 Å². The first kappa shape index (κ1) is 22.9. The Kier molecular flexibility index (Phi) is 7.05. The van der Waals surface area contributed by atoms with Crippen molar-refractivity contribution in [3.63, 3.8) is 0 Å². The molecule has 0 radical (unpaired) electrons. The largest absolute Gasteiger partial charge is 0.354 e. The van der Waals surface area contributed by atoms with Crippen LogP contribution in [-0.4, -0.2) is 33.4 Å². The molecule has 1 fully saturated rings. The van der Waals surface area contributed by atoms with Gasteiger partial charge in [-0.3, -0.25) is 4.79 Å². The molecule has 1 saturated heterocycles. The van der Waals surface area contributed by atoms with Gasteiger partial charge in [0.2, 0.25) is 0 Å². The third-order valence-electron chi connectivity index (χ3n) is 5.59. The summed E-state index contributed by atoms with van der Waals surface area (Å²) in [6.45, 7) is 4.63. The number of nitrogens with one attached hydrogen (secondary N) is 1. The zero-order chi connectivity index (χ0) is 21.3. The van der Waals surface area contributed by atoms with E-state index >= 15 is 0 Å². The van der Waals surface area contributed by atoms with Gasteiger partial charge in [-0.05, 0) is 56.9 Å². The number of aryl methyl sites for hydroxylation is 1. The number of fused-ring (bicyclic) bond motifs is 1. The minimum atomic E-state index is -0.695. The van der Waals surface area contributed by atoms with Crippen molar-refractivity contribution in [2.75, 3.05) is 11.9 Å². The van der Waals surface area contributed by atoms with Crippen molar-refractivity contribution in [1.29, 1.82) is 0 Å². The van der Waals surface area contributed by atoms with E-state index in [9.17, 15) is 13.6 Å². The zero-order valence-electron chi connectivity index (χ0n) is 17.5. The van der Waals surface area contributed by atoms with Crippen LogP contribution in [0.4, 0.5) is 20.2 Å². The number of amides is 1. The van der Waals surface area contributed by atoms with E-state index in [1.165, 1.54) is 18.3 Å². The summed E-state index contributed by atoms with van der Waals surface area (Å²) in [5.41, 5.74) is 2.32. The highest BCUT2D eigenvalue weighted by atomic mass is 35.5. The van der Waals surface area contributed by atoms with Crippen molar-refractivity contribution < 1.29 is 13.6 Å². The van der Waals surface area contributed by atoms with Gasteiger partial charge in [0, 0.05) is 41.6 Å². The molecule has 0 saturated carbocycles. The number of pyridine rings is 2. The molecule has 0 bridgehead atoms. The Bertz CT molecular complexity index is 1090. The van der Waals surface area contributed by atoms with Crippen molar-refractivity contribution in [1.82, 2.24) is 14.9 Å². The SMILES string of the molecule is CCC1CCCCN1C(=O)c1cnc2nc(C)ccc2c1Nc1cc(F)cc(F)c1.Cl. The van der Waals surface area contributed by atoms with Crippen LogP contribution >= 0.6 is 12.4 Å². The number of hydrogen-bond acceptors (Lipinski definition) is 4. The first-order chi connectivity index (χ1) is 14.5. The van der Waals surface area contributed by atoms with E-state index in [0.29, 0.717) is 28.8 Å². The molecule has 5 nitrogen and oxygen atoms in total. The molecule has 1 N–H and O–H groups in total. The van der Waals surface area contributed by atoms with Crippen LogP contribution in [0.25, 0.3) is 11.0 Å². The highest BCUT2D eigenvalue weighted by molar-refractivity contribution is 6.07. The summed E-state index contributed by atoms with van der Waals surface area (Å²) in [5, 5.41) is 3.69. The molecule has 1 aliphatic heterocycles. The Morgan fingerprint density at radius 2 is 1.94 bits per heavy atom.